The summed E-state index contributed by atoms with van der Waals surface area (Å²) in [7, 11) is 3.43. The number of alkyl carbamates (subject to hydrolysis) is 1. The molecular formula is C22H31ClN6O3. The average Bonchev–Trinajstić information content (AvgIpc) is 3.14. The molecule has 0 unspecified atom stereocenters. The first kappa shape index (κ1) is 23.8. The molecule has 1 aliphatic heterocycles. The fraction of sp³-hybridized carbons (Fsp3) is 0.545. The van der Waals surface area contributed by atoms with Crippen LogP contribution >= 0.6 is 11.6 Å². The Labute approximate surface area is 193 Å². The molecule has 1 N–H and O–H groups in total. The molecule has 1 fully saturated rings. The fourth-order valence-corrected chi connectivity index (χ4v) is 3.71. The van der Waals surface area contributed by atoms with Crippen LogP contribution in [0.5, 0.6) is 0 Å². The normalized spacial score (nSPS) is 16.6. The number of carbonyl (C=O) groups excluding carboxylic acids is 2. The highest BCUT2D eigenvalue weighted by molar-refractivity contribution is 6.29. The quantitative estimate of drug-likeness (QED) is 0.686. The van der Waals surface area contributed by atoms with Crippen molar-refractivity contribution < 1.29 is 14.3 Å². The second kappa shape index (κ2) is 9.77. The molecule has 9 nitrogen and oxygen atoms in total. The van der Waals surface area contributed by atoms with Gasteiger partial charge in [0, 0.05) is 62.4 Å². The maximum atomic E-state index is 12.2. The standard InChI is InChI=1S/C22H31ClN6O3/c1-22(2,3)32-21(31)26-16-7-6-8-28(13-16)18-9-19(23)24-11-17(18)15-10-25-29(12-15)14-20(30)27(4)5/h9-12,16H,6-8,13-14H2,1-5H3,(H,26,31)/t16-/m0/s1. The molecule has 2 aromatic heterocycles. The van der Waals surface area contributed by atoms with Crippen molar-refractivity contribution in [3.63, 3.8) is 0 Å². The Bertz CT molecular complexity index is 969. The van der Waals surface area contributed by atoms with Crippen molar-refractivity contribution in [1.29, 1.82) is 0 Å². The first-order valence-electron chi connectivity index (χ1n) is 10.6. The number of nitrogens with zero attached hydrogens (tertiary/aromatic N) is 5. The van der Waals surface area contributed by atoms with Gasteiger partial charge in [-0.1, -0.05) is 11.6 Å². The van der Waals surface area contributed by atoms with E-state index in [1.54, 1.807) is 31.2 Å². The monoisotopic (exact) mass is 462 g/mol. The lowest BCUT2D eigenvalue weighted by Crippen LogP contribution is -2.49. The van der Waals surface area contributed by atoms with Gasteiger partial charge in [-0.05, 0) is 39.7 Å². The van der Waals surface area contributed by atoms with Crippen molar-refractivity contribution in [1.82, 2.24) is 25.0 Å². The largest absolute Gasteiger partial charge is 0.444 e. The molecule has 3 heterocycles. The highest BCUT2D eigenvalue weighted by Gasteiger charge is 2.26. The van der Waals surface area contributed by atoms with Crippen LogP contribution in [0.2, 0.25) is 5.15 Å². The predicted octanol–water partition coefficient (Wildman–Crippen LogP) is 3.18. The number of anilines is 1. The van der Waals surface area contributed by atoms with Gasteiger partial charge < -0.3 is 19.9 Å². The predicted molar refractivity (Wildman–Crippen MR) is 124 cm³/mol. The summed E-state index contributed by atoms with van der Waals surface area (Å²) in [5.41, 5.74) is 2.09. The number of hydrogen-bond donors (Lipinski definition) is 1. The molecule has 1 aliphatic rings. The molecule has 174 valence electrons. The zero-order valence-electron chi connectivity index (χ0n) is 19.3. The number of pyridine rings is 1. The Kier molecular flexibility index (Phi) is 7.28. The summed E-state index contributed by atoms with van der Waals surface area (Å²) in [6.45, 7) is 7.15. The van der Waals surface area contributed by atoms with Crippen LogP contribution in [0.15, 0.2) is 24.7 Å². The van der Waals surface area contributed by atoms with Crippen molar-refractivity contribution >= 4 is 29.3 Å². The van der Waals surface area contributed by atoms with E-state index in [9.17, 15) is 9.59 Å². The van der Waals surface area contributed by atoms with E-state index in [2.05, 4.69) is 20.3 Å². The summed E-state index contributed by atoms with van der Waals surface area (Å²) in [6, 6.07) is 1.79. The SMILES string of the molecule is CN(C)C(=O)Cn1cc(-c2cnc(Cl)cc2N2CCC[C@H](NC(=O)OC(C)(C)C)C2)cn1. The molecular weight excluding hydrogens is 432 g/mol. The summed E-state index contributed by atoms with van der Waals surface area (Å²) >= 11 is 6.23. The van der Waals surface area contributed by atoms with Crippen molar-refractivity contribution in [2.45, 2.75) is 51.8 Å². The molecule has 1 atom stereocenters. The number of hydrogen-bond acceptors (Lipinski definition) is 6. The zero-order chi connectivity index (χ0) is 23.5. The van der Waals surface area contributed by atoms with E-state index in [1.165, 1.54) is 4.90 Å². The Balaban J connectivity index is 1.78. The molecule has 0 aliphatic carbocycles. The second-order valence-corrected chi connectivity index (χ2v) is 9.56. The van der Waals surface area contributed by atoms with Gasteiger partial charge in [-0.2, -0.15) is 5.10 Å². The number of carbonyl (C=O) groups is 2. The Hall–Kier alpha value is -2.81. The van der Waals surface area contributed by atoms with Crippen LogP contribution in [-0.4, -0.2) is 70.5 Å². The zero-order valence-corrected chi connectivity index (χ0v) is 20.0. The van der Waals surface area contributed by atoms with Crippen LogP contribution in [0.3, 0.4) is 0 Å². The van der Waals surface area contributed by atoms with Crippen molar-refractivity contribution in [2.75, 3.05) is 32.1 Å². The molecule has 0 aromatic carbocycles. The van der Waals surface area contributed by atoms with Gasteiger partial charge in [-0.25, -0.2) is 9.78 Å². The van der Waals surface area contributed by atoms with Crippen molar-refractivity contribution in [3.05, 3.63) is 29.8 Å². The first-order valence-corrected chi connectivity index (χ1v) is 11.0. The van der Waals surface area contributed by atoms with Gasteiger partial charge in [0.2, 0.25) is 5.91 Å². The number of aromatic nitrogens is 3. The van der Waals surface area contributed by atoms with Crippen molar-refractivity contribution in [3.8, 4) is 11.1 Å². The molecule has 0 saturated carbocycles. The fourth-order valence-electron chi connectivity index (χ4n) is 3.56. The van der Waals surface area contributed by atoms with E-state index in [-0.39, 0.29) is 18.5 Å². The summed E-state index contributed by atoms with van der Waals surface area (Å²) < 4.78 is 7.01. The molecule has 32 heavy (non-hydrogen) atoms. The molecule has 2 aromatic rings. The van der Waals surface area contributed by atoms with E-state index in [1.807, 2.05) is 33.0 Å². The molecule has 0 spiro atoms. The van der Waals surface area contributed by atoms with Gasteiger partial charge in [0.1, 0.15) is 17.3 Å². The van der Waals surface area contributed by atoms with Crippen LogP contribution in [-0.2, 0) is 16.1 Å². The smallest absolute Gasteiger partial charge is 0.407 e. The topological polar surface area (TPSA) is 92.6 Å². The van der Waals surface area contributed by atoms with Gasteiger partial charge in [0.05, 0.1) is 6.20 Å². The van der Waals surface area contributed by atoms with Crippen LogP contribution in [0.4, 0.5) is 10.5 Å². The summed E-state index contributed by atoms with van der Waals surface area (Å²) in [5, 5.41) is 7.69. The second-order valence-electron chi connectivity index (χ2n) is 9.17. The summed E-state index contributed by atoms with van der Waals surface area (Å²) in [4.78, 5) is 32.2. The number of piperidine rings is 1. The van der Waals surface area contributed by atoms with E-state index < -0.39 is 11.7 Å². The highest BCUT2D eigenvalue weighted by atomic mass is 35.5. The third-order valence-corrected chi connectivity index (χ3v) is 5.28. The lowest BCUT2D eigenvalue weighted by molar-refractivity contribution is -0.129. The van der Waals surface area contributed by atoms with E-state index >= 15 is 0 Å². The number of amides is 2. The van der Waals surface area contributed by atoms with E-state index in [0.717, 1.165) is 36.2 Å². The van der Waals surface area contributed by atoms with Gasteiger partial charge in [0.25, 0.3) is 0 Å². The third kappa shape index (κ3) is 6.35. The molecule has 0 radical (unpaired) electrons. The van der Waals surface area contributed by atoms with E-state index in [4.69, 9.17) is 16.3 Å². The van der Waals surface area contributed by atoms with Crippen LogP contribution < -0.4 is 10.2 Å². The minimum Gasteiger partial charge on any atom is -0.444 e. The Morgan fingerprint density at radius 1 is 1.31 bits per heavy atom. The molecule has 1 saturated heterocycles. The lowest BCUT2D eigenvalue weighted by atomic mass is 10.0. The van der Waals surface area contributed by atoms with Gasteiger partial charge in [-0.3, -0.25) is 9.48 Å². The summed E-state index contributed by atoms with van der Waals surface area (Å²) in [5.74, 6) is -0.0406. The highest BCUT2D eigenvalue weighted by Crippen LogP contribution is 2.33. The van der Waals surface area contributed by atoms with Crippen molar-refractivity contribution in [2.24, 2.45) is 0 Å². The number of halogens is 1. The van der Waals surface area contributed by atoms with Crippen LogP contribution in [0.25, 0.3) is 11.1 Å². The molecule has 10 heteroatoms. The molecule has 0 bridgehead atoms. The number of nitrogens with one attached hydrogen (secondary N) is 1. The number of rotatable bonds is 5. The van der Waals surface area contributed by atoms with E-state index in [0.29, 0.717) is 11.7 Å². The maximum absolute atomic E-state index is 12.2. The number of likely N-dealkylation sites (N-methyl/N-ethyl adjacent to an activating group) is 1. The molecule has 2 amide bonds. The minimum absolute atomic E-state index is 0.0406. The minimum atomic E-state index is -0.543. The summed E-state index contributed by atoms with van der Waals surface area (Å²) in [6.07, 6.45) is 6.64. The van der Waals surface area contributed by atoms with Gasteiger partial charge >= 0.3 is 6.09 Å². The van der Waals surface area contributed by atoms with Crippen LogP contribution in [0, 0.1) is 0 Å². The van der Waals surface area contributed by atoms with Crippen LogP contribution in [0.1, 0.15) is 33.6 Å². The van der Waals surface area contributed by atoms with Gasteiger partial charge in [-0.15, -0.1) is 0 Å². The average molecular weight is 463 g/mol. The Morgan fingerprint density at radius 3 is 2.75 bits per heavy atom. The Morgan fingerprint density at radius 2 is 2.06 bits per heavy atom. The van der Waals surface area contributed by atoms with Gasteiger partial charge in [0.15, 0.2) is 0 Å². The maximum Gasteiger partial charge on any atom is 0.407 e. The lowest BCUT2D eigenvalue weighted by Gasteiger charge is -2.36. The third-order valence-electron chi connectivity index (χ3n) is 5.07. The number of ether oxygens (including phenoxy) is 1. The molecule has 3 rings (SSSR count). The first-order chi connectivity index (χ1) is 15.0.